The number of ether oxygens (including phenoxy) is 1. The Morgan fingerprint density at radius 2 is 1.82 bits per heavy atom. The fraction of sp³-hybridized carbons (Fsp3) is 0.278. The second-order valence-corrected chi connectivity index (χ2v) is 5.40. The lowest BCUT2D eigenvalue weighted by Crippen LogP contribution is -2.35. The smallest absolute Gasteiger partial charge is 0.194 e. The number of nitrogens with zero attached hydrogens (tertiary/aromatic N) is 2. The summed E-state index contributed by atoms with van der Waals surface area (Å²) in [7, 11) is 2.05. The van der Waals surface area contributed by atoms with Crippen LogP contribution < -0.4 is 10.1 Å². The van der Waals surface area contributed by atoms with Crippen LogP contribution in [0.1, 0.15) is 11.1 Å². The van der Waals surface area contributed by atoms with Crippen LogP contribution >= 0.6 is 0 Å². The highest BCUT2D eigenvalue weighted by atomic mass is 16.5. The summed E-state index contributed by atoms with van der Waals surface area (Å²) in [6.45, 7) is 3.25. The Labute approximate surface area is 131 Å². The molecule has 1 aliphatic heterocycles. The fourth-order valence-electron chi connectivity index (χ4n) is 2.35. The SMILES string of the molecule is CN1CCN=C1NCc1ccc(OCc2ccccc2)cc1. The second kappa shape index (κ2) is 6.98. The van der Waals surface area contributed by atoms with Gasteiger partial charge < -0.3 is 15.0 Å². The minimum Gasteiger partial charge on any atom is -0.489 e. The van der Waals surface area contributed by atoms with Gasteiger partial charge in [0.15, 0.2) is 5.96 Å². The molecule has 0 saturated heterocycles. The molecule has 0 atom stereocenters. The summed E-state index contributed by atoms with van der Waals surface area (Å²) in [5.41, 5.74) is 2.39. The van der Waals surface area contributed by atoms with E-state index < -0.39 is 0 Å². The molecule has 0 aliphatic carbocycles. The number of hydrogen-bond donors (Lipinski definition) is 1. The molecule has 0 bridgehead atoms. The van der Waals surface area contributed by atoms with Gasteiger partial charge in [0.25, 0.3) is 0 Å². The van der Waals surface area contributed by atoms with Gasteiger partial charge in [-0.3, -0.25) is 4.99 Å². The van der Waals surface area contributed by atoms with E-state index in [1.165, 1.54) is 11.1 Å². The number of benzene rings is 2. The van der Waals surface area contributed by atoms with Crippen LogP contribution in [0.3, 0.4) is 0 Å². The summed E-state index contributed by atoms with van der Waals surface area (Å²) in [5, 5.41) is 3.36. The van der Waals surface area contributed by atoms with E-state index in [0.717, 1.165) is 31.3 Å². The molecule has 1 heterocycles. The molecular formula is C18H21N3O. The summed E-state index contributed by atoms with van der Waals surface area (Å²) in [5.74, 6) is 1.87. The third-order valence-electron chi connectivity index (χ3n) is 3.68. The van der Waals surface area contributed by atoms with Crippen LogP contribution in [-0.4, -0.2) is 31.0 Å². The van der Waals surface area contributed by atoms with E-state index in [4.69, 9.17) is 4.74 Å². The number of nitrogens with one attached hydrogen (secondary N) is 1. The van der Waals surface area contributed by atoms with Crippen LogP contribution in [0.25, 0.3) is 0 Å². The molecule has 0 fully saturated rings. The van der Waals surface area contributed by atoms with Crippen molar-refractivity contribution in [3.8, 4) is 5.75 Å². The molecule has 4 nitrogen and oxygen atoms in total. The van der Waals surface area contributed by atoms with Gasteiger partial charge in [-0.15, -0.1) is 0 Å². The summed E-state index contributed by atoms with van der Waals surface area (Å²) >= 11 is 0. The van der Waals surface area contributed by atoms with Gasteiger partial charge >= 0.3 is 0 Å². The van der Waals surface area contributed by atoms with Gasteiger partial charge in [-0.2, -0.15) is 0 Å². The van der Waals surface area contributed by atoms with Crippen molar-refractivity contribution in [3.63, 3.8) is 0 Å². The molecule has 3 rings (SSSR count). The molecule has 4 heteroatoms. The van der Waals surface area contributed by atoms with E-state index in [-0.39, 0.29) is 0 Å². The van der Waals surface area contributed by atoms with Crippen molar-refractivity contribution in [2.45, 2.75) is 13.2 Å². The minimum atomic E-state index is 0.597. The predicted octanol–water partition coefficient (Wildman–Crippen LogP) is 2.66. The average Bonchev–Trinajstić information content (AvgIpc) is 2.98. The molecule has 22 heavy (non-hydrogen) atoms. The second-order valence-electron chi connectivity index (χ2n) is 5.40. The normalized spacial score (nSPS) is 13.9. The van der Waals surface area contributed by atoms with Gasteiger partial charge in [-0.1, -0.05) is 42.5 Å². The largest absolute Gasteiger partial charge is 0.489 e. The number of hydrogen-bond acceptors (Lipinski definition) is 4. The van der Waals surface area contributed by atoms with Crippen molar-refractivity contribution >= 4 is 5.96 Å². The average molecular weight is 295 g/mol. The van der Waals surface area contributed by atoms with Crippen molar-refractivity contribution in [1.29, 1.82) is 0 Å². The number of likely N-dealkylation sites (N-methyl/N-ethyl adjacent to an activating group) is 1. The fourth-order valence-corrected chi connectivity index (χ4v) is 2.35. The van der Waals surface area contributed by atoms with E-state index in [1.54, 1.807) is 0 Å². The summed E-state index contributed by atoms with van der Waals surface area (Å²) in [4.78, 5) is 6.56. The molecule has 0 spiro atoms. The van der Waals surface area contributed by atoms with Crippen LogP contribution in [0, 0.1) is 0 Å². The lowest BCUT2D eigenvalue weighted by molar-refractivity contribution is 0.306. The van der Waals surface area contributed by atoms with Gasteiger partial charge in [0.05, 0.1) is 6.54 Å². The Morgan fingerprint density at radius 1 is 1.05 bits per heavy atom. The molecule has 0 radical (unpaired) electrons. The number of aliphatic imine (C=N–C) groups is 1. The molecule has 0 saturated carbocycles. The van der Waals surface area contributed by atoms with Crippen LogP contribution in [-0.2, 0) is 13.2 Å². The summed E-state index contributed by atoms with van der Waals surface area (Å²) in [6, 6.07) is 18.4. The summed E-state index contributed by atoms with van der Waals surface area (Å²) in [6.07, 6.45) is 0. The molecular weight excluding hydrogens is 274 g/mol. The van der Waals surface area contributed by atoms with Crippen molar-refractivity contribution in [2.24, 2.45) is 4.99 Å². The number of guanidine groups is 1. The minimum absolute atomic E-state index is 0.597. The lowest BCUT2D eigenvalue weighted by Gasteiger charge is -2.15. The molecule has 2 aromatic carbocycles. The monoisotopic (exact) mass is 295 g/mol. The maximum atomic E-state index is 5.79. The lowest BCUT2D eigenvalue weighted by atomic mass is 10.2. The first-order valence-corrected chi connectivity index (χ1v) is 7.56. The Balaban J connectivity index is 1.50. The summed E-state index contributed by atoms with van der Waals surface area (Å²) < 4.78 is 5.79. The third-order valence-corrected chi connectivity index (χ3v) is 3.68. The first-order valence-electron chi connectivity index (χ1n) is 7.56. The van der Waals surface area contributed by atoms with Gasteiger partial charge in [0, 0.05) is 20.1 Å². The topological polar surface area (TPSA) is 36.9 Å². The van der Waals surface area contributed by atoms with Gasteiger partial charge in [-0.25, -0.2) is 0 Å². The van der Waals surface area contributed by atoms with E-state index in [2.05, 4.69) is 46.5 Å². The maximum Gasteiger partial charge on any atom is 0.194 e. The van der Waals surface area contributed by atoms with Crippen LogP contribution in [0.15, 0.2) is 59.6 Å². The molecule has 1 N–H and O–H groups in total. The van der Waals surface area contributed by atoms with Gasteiger partial charge in [0.1, 0.15) is 12.4 Å². The Hall–Kier alpha value is -2.49. The highest BCUT2D eigenvalue weighted by molar-refractivity contribution is 5.81. The van der Waals surface area contributed by atoms with E-state index in [1.807, 2.05) is 30.3 Å². The molecule has 0 unspecified atom stereocenters. The zero-order chi connectivity index (χ0) is 15.2. The Kier molecular flexibility index (Phi) is 4.59. The van der Waals surface area contributed by atoms with Gasteiger partial charge in [0.2, 0.25) is 0 Å². The molecule has 2 aromatic rings. The maximum absolute atomic E-state index is 5.79. The molecule has 0 aromatic heterocycles. The highest BCUT2D eigenvalue weighted by Gasteiger charge is 2.11. The van der Waals surface area contributed by atoms with Crippen molar-refractivity contribution < 1.29 is 4.74 Å². The predicted molar refractivity (Wildman–Crippen MR) is 89.0 cm³/mol. The standard InChI is InChI=1S/C18H21N3O/c1-21-12-11-19-18(21)20-13-15-7-9-17(10-8-15)22-14-16-5-3-2-4-6-16/h2-10H,11-14H2,1H3,(H,19,20). The first kappa shape index (κ1) is 14.4. The zero-order valence-corrected chi connectivity index (χ0v) is 12.8. The molecule has 114 valence electrons. The zero-order valence-electron chi connectivity index (χ0n) is 12.8. The molecule has 1 aliphatic rings. The van der Waals surface area contributed by atoms with E-state index in [0.29, 0.717) is 6.61 Å². The quantitative estimate of drug-likeness (QED) is 0.921. The Morgan fingerprint density at radius 3 is 2.50 bits per heavy atom. The highest BCUT2D eigenvalue weighted by Crippen LogP contribution is 2.14. The van der Waals surface area contributed by atoms with E-state index >= 15 is 0 Å². The van der Waals surface area contributed by atoms with Crippen molar-refractivity contribution in [2.75, 3.05) is 20.1 Å². The van der Waals surface area contributed by atoms with Crippen molar-refractivity contribution in [3.05, 3.63) is 65.7 Å². The van der Waals surface area contributed by atoms with Gasteiger partial charge in [-0.05, 0) is 23.3 Å². The van der Waals surface area contributed by atoms with Crippen LogP contribution in [0.5, 0.6) is 5.75 Å². The third kappa shape index (κ3) is 3.79. The Bertz CT molecular complexity index is 623. The molecule has 0 amide bonds. The number of rotatable bonds is 5. The van der Waals surface area contributed by atoms with Crippen LogP contribution in [0.4, 0.5) is 0 Å². The van der Waals surface area contributed by atoms with Crippen LogP contribution in [0.2, 0.25) is 0 Å². The van der Waals surface area contributed by atoms with Crippen molar-refractivity contribution in [1.82, 2.24) is 10.2 Å². The van der Waals surface area contributed by atoms with E-state index in [9.17, 15) is 0 Å². The first-order chi connectivity index (χ1) is 10.8.